The van der Waals surface area contributed by atoms with Crippen LogP contribution in [0.4, 0.5) is 5.69 Å². The van der Waals surface area contributed by atoms with Crippen LogP contribution in [0.25, 0.3) is 0 Å². The van der Waals surface area contributed by atoms with Gasteiger partial charge in [-0.15, -0.1) is 0 Å². The van der Waals surface area contributed by atoms with Gasteiger partial charge < -0.3 is 10.5 Å². The normalized spacial score (nSPS) is 10.7. The molecule has 22 heavy (non-hydrogen) atoms. The van der Waals surface area contributed by atoms with Crippen molar-refractivity contribution >= 4 is 49.7 Å². The van der Waals surface area contributed by atoms with Gasteiger partial charge >= 0.3 is 0 Å². The zero-order valence-electron chi connectivity index (χ0n) is 11.6. The summed E-state index contributed by atoms with van der Waals surface area (Å²) in [5, 5.41) is 3.95. The van der Waals surface area contributed by atoms with Crippen molar-refractivity contribution in [1.29, 1.82) is 0 Å². The Bertz CT molecular complexity index is 715. The Hall–Kier alpha value is -1.86. The summed E-state index contributed by atoms with van der Waals surface area (Å²) < 4.78 is 6.96. The number of amides is 1. The summed E-state index contributed by atoms with van der Waals surface area (Å²) in [5.74, 6) is 0.318. The summed E-state index contributed by atoms with van der Waals surface area (Å²) in [6, 6.07) is 10.3. The van der Waals surface area contributed by atoms with E-state index in [4.69, 9.17) is 10.5 Å². The van der Waals surface area contributed by atoms with Crippen LogP contribution in [0.2, 0.25) is 0 Å². The molecule has 2 aromatic rings. The molecule has 0 fully saturated rings. The predicted molar refractivity (Wildman–Crippen MR) is 94.3 cm³/mol. The Morgan fingerprint density at radius 2 is 1.95 bits per heavy atom. The maximum atomic E-state index is 11.9. The molecule has 0 aliphatic heterocycles. The van der Waals surface area contributed by atoms with Crippen LogP contribution in [0.5, 0.6) is 5.75 Å². The topological polar surface area (TPSA) is 76.7 Å². The monoisotopic (exact) mass is 425 g/mol. The third kappa shape index (κ3) is 4.08. The molecule has 0 aliphatic carbocycles. The highest BCUT2D eigenvalue weighted by Gasteiger charge is 2.08. The SMILES string of the molecule is COc1c(Br)cc(Br)cc1/C=N\NC(=O)c1ccc(N)cc1. The predicted octanol–water partition coefficient (Wildman–Crippen LogP) is 3.57. The Morgan fingerprint density at radius 3 is 2.59 bits per heavy atom. The van der Waals surface area contributed by atoms with Gasteiger partial charge in [0.15, 0.2) is 0 Å². The molecule has 114 valence electrons. The molecular weight excluding hydrogens is 414 g/mol. The van der Waals surface area contributed by atoms with Crippen LogP contribution in [-0.2, 0) is 0 Å². The standard InChI is InChI=1S/C15H13Br2N3O2/c1-22-14-10(6-11(16)7-13(14)17)8-19-20-15(21)9-2-4-12(18)5-3-9/h2-8H,18H2,1H3,(H,20,21)/b19-8-. The van der Waals surface area contributed by atoms with Gasteiger partial charge in [0, 0.05) is 21.3 Å². The van der Waals surface area contributed by atoms with E-state index in [1.165, 1.54) is 6.21 Å². The zero-order valence-corrected chi connectivity index (χ0v) is 14.8. The van der Waals surface area contributed by atoms with Crippen LogP contribution < -0.4 is 15.9 Å². The number of hydrogen-bond acceptors (Lipinski definition) is 4. The van der Waals surface area contributed by atoms with Gasteiger partial charge in [0.2, 0.25) is 0 Å². The Kier molecular flexibility index (Phi) is 5.57. The number of nitrogens with one attached hydrogen (secondary N) is 1. The summed E-state index contributed by atoms with van der Waals surface area (Å²) in [4.78, 5) is 11.9. The Labute approximate surface area is 144 Å². The van der Waals surface area contributed by atoms with Gasteiger partial charge in [-0.05, 0) is 52.3 Å². The molecule has 0 spiro atoms. The minimum Gasteiger partial charge on any atom is -0.495 e. The number of carbonyl (C=O) groups excluding carboxylic acids is 1. The molecule has 2 aromatic carbocycles. The molecule has 3 N–H and O–H groups in total. The highest BCUT2D eigenvalue weighted by Crippen LogP contribution is 2.31. The van der Waals surface area contributed by atoms with E-state index < -0.39 is 0 Å². The molecule has 0 heterocycles. The lowest BCUT2D eigenvalue weighted by atomic mass is 10.2. The summed E-state index contributed by atoms with van der Waals surface area (Å²) >= 11 is 6.80. The molecule has 0 bridgehead atoms. The van der Waals surface area contributed by atoms with Crippen LogP contribution >= 0.6 is 31.9 Å². The van der Waals surface area contributed by atoms with E-state index in [1.54, 1.807) is 31.4 Å². The van der Waals surface area contributed by atoms with Crippen LogP contribution in [0.15, 0.2) is 50.4 Å². The van der Waals surface area contributed by atoms with E-state index in [0.717, 1.165) is 14.5 Å². The number of ether oxygens (including phenoxy) is 1. The van der Waals surface area contributed by atoms with Crippen LogP contribution in [-0.4, -0.2) is 19.2 Å². The van der Waals surface area contributed by atoms with Crippen LogP contribution in [0.1, 0.15) is 15.9 Å². The molecule has 7 heteroatoms. The minimum atomic E-state index is -0.315. The molecule has 0 aliphatic rings. The molecule has 5 nitrogen and oxygen atoms in total. The van der Waals surface area contributed by atoms with E-state index in [2.05, 4.69) is 42.4 Å². The van der Waals surface area contributed by atoms with Crippen molar-refractivity contribution in [1.82, 2.24) is 5.43 Å². The van der Waals surface area contributed by atoms with Crippen molar-refractivity contribution in [2.75, 3.05) is 12.8 Å². The van der Waals surface area contributed by atoms with Gasteiger partial charge in [-0.1, -0.05) is 15.9 Å². The zero-order chi connectivity index (χ0) is 16.1. The number of nitrogens with zero attached hydrogens (tertiary/aromatic N) is 1. The second-order valence-corrected chi connectivity index (χ2v) is 6.10. The Balaban J connectivity index is 2.12. The van der Waals surface area contributed by atoms with Gasteiger partial charge in [0.25, 0.3) is 5.91 Å². The number of hydrogen-bond donors (Lipinski definition) is 2. The van der Waals surface area contributed by atoms with E-state index in [0.29, 0.717) is 17.0 Å². The van der Waals surface area contributed by atoms with Crippen LogP contribution in [0.3, 0.4) is 0 Å². The summed E-state index contributed by atoms with van der Waals surface area (Å²) in [7, 11) is 1.57. The first-order valence-corrected chi connectivity index (χ1v) is 7.82. The van der Waals surface area contributed by atoms with Crippen molar-refractivity contribution in [2.24, 2.45) is 5.10 Å². The number of methoxy groups -OCH3 is 1. The highest BCUT2D eigenvalue weighted by molar-refractivity contribution is 9.11. The fourth-order valence-corrected chi connectivity index (χ4v) is 3.17. The van der Waals surface area contributed by atoms with Gasteiger partial charge in [-0.2, -0.15) is 5.10 Å². The van der Waals surface area contributed by atoms with Gasteiger partial charge in [0.05, 0.1) is 17.8 Å². The molecule has 0 aromatic heterocycles. The number of carbonyl (C=O) groups is 1. The van der Waals surface area contributed by atoms with Crippen LogP contribution in [0, 0.1) is 0 Å². The van der Waals surface area contributed by atoms with Gasteiger partial charge in [0.1, 0.15) is 5.75 Å². The third-order valence-electron chi connectivity index (χ3n) is 2.78. The average molecular weight is 427 g/mol. The van der Waals surface area contributed by atoms with E-state index >= 15 is 0 Å². The lowest BCUT2D eigenvalue weighted by Crippen LogP contribution is -2.17. The van der Waals surface area contributed by atoms with E-state index in [1.807, 2.05) is 12.1 Å². The molecule has 2 rings (SSSR count). The van der Waals surface area contributed by atoms with Crippen molar-refractivity contribution in [3.05, 3.63) is 56.5 Å². The Morgan fingerprint density at radius 1 is 1.27 bits per heavy atom. The number of hydrazone groups is 1. The first kappa shape index (κ1) is 16.5. The summed E-state index contributed by atoms with van der Waals surface area (Å²) in [5.41, 5.74) is 9.84. The lowest BCUT2D eigenvalue weighted by molar-refractivity contribution is 0.0955. The van der Waals surface area contributed by atoms with Crippen molar-refractivity contribution in [3.63, 3.8) is 0 Å². The van der Waals surface area contributed by atoms with E-state index in [9.17, 15) is 4.79 Å². The molecule has 0 radical (unpaired) electrons. The second kappa shape index (κ2) is 7.42. The minimum absolute atomic E-state index is 0.315. The fraction of sp³-hybridized carbons (Fsp3) is 0.0667. The summed E-state index contributed by atoms with van der Waals surface area (Å²) in [6.07, 6.45) is 1.52. The maximum Gasteiger partial charge on any atom is 0.271 e. The van der Waals surface area contributed by atoms with Gasteiger partial charge in [-0.25, -0.2) is 5.43 Å². The third-order valence-corrected chi connectivity index (χ3v) is 3.83. The number of halogens is 2. The van der Waals surface area contributed by atoms with E-state index in [-0.39, 0.29) is 5.91 Å². The second-order valence-electron chi connectivity index (χ2n) is 4.33. The molecule has 0 atom stereocenters. The maximum absolute atomic E-state index is 11.9. The first-order valence-electron chi connectivity index (χ1n) is 6.23. The average Bonchev–Trinajstić information content (AvgIpc) is 2.47. The lowest BCUT2D eigenvalue weighted by Gasteiger charge is -2.07. The number of anilines is 1. The molecule has 0 saturated heterocycles. The molecule has 1 amide bonds. The summed E-state index contributed by atoms with van der Waals surface area (Å²) in [6.45, 7) is 0. The quantitative estimate of drug-likeness (QED) is 0.445. The highest BCUT2D eigenvalue weighted by atomic mass is 79.9. The number of rotatable bonds is 4. The van der Waals surface area contributed by atoms with Crippen molar-refractivity contribution in [3.8, 4) is 5.75 Å². The first-order chi connectivity index (χ1) is 10.5. The van der Waals surface area contributed by atoms with Crippen molar-refractivity contribution in [2.45, 2.75) is 0 Å². The molecule has 0 saturated carbocycles. The largest absolute Gasteiger partial charge is 0.495 e. The molecular formula is C15H13Br2N3O2. The number of nitrogen functional groups attached to an aromatic ring is 1. The smallest absolute Gasteiger partial charge is 0.271 e. The molecule has 0 unspecified atom stereocenters. The van der Waals surface area contributed by atoms with Gasteiger partial charge in [-0.3, -0.25) is 4.79 Å². The number of benzene rings is 2. The number of nitrogens with two attached hydrogens (primary N) is 1. The fourth-order valence-electron chi connectivity index (χ4n) is 1.75. The van der Waals surface area contributed by atoms with Crippen molar-refractivity contribution < 1.29 is 9.53 Å².